The Bertz CT molecular complexity index is 365. The van der Waals surface area contributed by atoms with E-state index in [4.69, 9.17) is 4.74 Å². The normalized spacial score (nSPS) is 13.0. The van der Waals surface area contributed by atoms with Gasteiger partial charge in [-0.1, -0.05) is 46.6 Å². The first-order valence-corrected chi connectivity index (χ1v) is 7.93. The molecule has 1 heteroatoms. The largest absolute Gasteiger partial charge is 0.366 e. The predicted molar refractivity (Wildman–Crippen MR) is 95.6 cm³/mol. The standard InChI is InChI=1S/C20H34O/c1-15(2)9-11-19(13-17(5)6)21-20(14-18(7)8)12-10-16(3)4/h9-10,13-14,19-20H,11-12H2,1-8H3. The van der Waals surface area contributed by atoms with Crippen molar-refractivity contribution in [2.24, 2.45) is 0 Å². The van der Waals surface area contributed by atoms with E-state index in [0.717, 1.165) is 12.8 Å². The summed E-state index contributed by atoms with van der Waals surface area (Å²) in [5.41, 5.74) is 5.29. The summed E-state index contributed by atoms with van der Waals surface area (Å²) in [6.07, 6.45) is 11.1. The van der Waals surface area contributed by atoms with E-state index in [-0.39, 0.29) is 12.2 Å². The molecular weight excluding hydrogens is 256 g/mol. The van der Waals surface area contributed by atoms with Gasteiger partial charge in [-0.15, -0.1) is 0 Å². The lowest BCUT2D eigenvalue weighted by Crippen LogP contribution is -2.19. The fourth-order valence-corrected chi connectivity index (χ4v) is 2.00. The van der Waals surface area contributed by atoms with Crippen LogP contribution in [-0.4, -0.2) is 12.2 Å². The van der Waals surface area contributed by atoms with Crippen LogP contribution >= 0.6 is 0 Å². The van der Waals surface area contributed by atoms with E-state index in [9.17, 15) is 0 Å². The van der Waals surface area contributed by atoms with E-state index in [2.05, 4.69) is 79.7 Å². The minimum Gasteiger partial charge on any atom is -0.366 e. The monoisotopic (exact) mass is 290 g/mol. The van der Waals surface area contributed by atoms with Crippen LogP contribution in [0.3, 0.4) is 0 Å². The molecule has 2 unspecified atom stereocenters. The minimum atomic E-state index is 0.149. The molecular formula is C20H34O. The van der Waals surface area contributed by atoms with Crippen molar-refractivity contribution < 1.29 is 4.74 Å². The summed E-state index contributed by atoms with van der Waals surface area (Å²) in [6.45, 7) is 17.1. The van der Waals surface area contributed by atoms with Crippen molar-refractivity contribution in [1.82, 2.24) is 0 Å². The molecule has 0 spiro atoms. The Hall–Kier alpha value is -1.08. The summed E-state index contributed by atoms with van der Waals surface area (Å²) in [5.74, 6) is 0. The predicted octanol–water partition coefficient (Wildman–Crippen LogP) is 6.39. The van der Waals surface area contributed by atoms with Gasteiger partial charge >= 0.3 is 0 Å². The van der Waals surface area contributed by atoms with E-state index in [1.165, 1.54) is 22.3 Å². The van der Waals surface area contributed by atoms with Gasteiger partial charge in [0, 0.05) is 0 Å². The lowest BCUT2D eigenvalue weighted by Gasteiger charge is -2.20. The molecule has 0 heterocycles. The second-order valence-electron chi connectivity index (χ2n) is 6.74. The van der Waals surface area contributed by atoms with Crippen molar-refractivity contribution >= 4 is 0 Å². The molecule has 0 saturated heterocycles. The van der Waals surface area contributed by atoms with Crippen LogP contribution in [0.15, 0.2) is 46.6 Å². The van der Waals surface area contributed by atoms with Gasteiger partial charge in [-0.3, -0.25) is 0 Å². The third-order valence-electron chi connectivity index (χ3n) is 2.90. The van der Waals surface area contributed by atoms with Crippen LogP contribution in [-0.2, 0) is 4.74 Å². The molecule has 1 nitrogen and oxygen atoms in total. The molecule has 0 N–H and O–H groups in total. The molecule has 0 fully saturated rings. The van der Waals surface area contributed by atoms with Gasteiger partial charge in [-0.05, 0) is 68.2 Å². The molecule has 0 aromatic carbocycles. The first-order valence-electron chi connectivity index (χ1n) is 7.93. The molecule has 0 aliphatic carbocycles. The smallest absolute Gasteiger partial charge is 0.0800 e. The second kappa shape index (κ2) is 10.6. The minimum absolute atomic E-state index is 0.149. The SMILES string of the molecule is CC(C)=CCC(C=C(C)C)OC(C=C(C)C)CC=C(C)C. The van der Waals surface area contributed by atoms with Gasteiger partial charge in [0.15, 0.2) is 0 Å². The highest BCUT2D eigenvalue weighted by molar-refractivity contribution is 5.07. The van der Waals surface area contributed by atoms with Crippen molar-refractivity contribution in [2.75, 3.05) is 0 Å². The third-order valence-corrected chi connectivity index (χ3v) is 2.90. The van der Waals surface area contributed by atoms with E-state index in [0.29, 0.717) is 0 Å². The van der Waals surface area contributed by atoms with Gasteiger partial charge in [0.2, 0.25) is 0 Å². The first kappa shape index (κ1) is 19.9. The maximum atomic E-state index is 6.33. The highest BCUT2D eigenvalue weighted by Gasteiger charge is 2.11. The van der Waals surface area contributed by atoms with Crippen molar-refractivity contribution in [3.05, 3.63) is 46.6 Å². The molecule has 0 aromatic rings. The quantitative estimate of drug-likeness (QED) is 0.471. The summed E-state index contributed by atoms with van der Waals surface area (Å²) in [4.78, 5) is 0. The van der Waals surface area contributed by atoms with Gasteiger partial charge in [0.25, 0.3) is 0 Å². The van der Waals surface area contributed by atoms with Gasteiger partial charge in [-0.2, -0.15) is 0 Å². The highest BCUT2D eigenvalue weighted by atomic mass is 16.5. The van der Waals surface area contributed by atoms with Gasteiger partial charge < -0.3 is 4.74 Å². The van der Waals surface area contributed by atoms with Crippen molar-refractivity contribution in [1.29, 1.82) is 0 Å². The topological polar surface area (TPSA) is 9.23 Å². The number of rotatable bonds is 8. The molecule has 0 radical (unpaired) electrons. The van der Waals surface area contributed by atoms with Gasteiger partial charge in [0.1, 0.15) is 0 Å². The van der Waals surface area contributed by atoms with Crippen LogP contribution in [0.25, 0.3) is 0 Å². The van der Waals surface area contributed by atoms with Crippen LogP contribution < -0.4 is 0 Å². The number of hydrogen-bond donors (Lipinski definition) is 0. The van der Waals surface area contributed by atoms with Gasteiger partial charge in [0.05, 0.1) is 12.2 Å². The molecule has 0 bridgehead atoms. The summed E-state index contributed by atoms with van der Waals surface area (Å²) < 4.78 is 6.33. The Morgan fingerprint density at radius 1 is 0.619 bits per heavy atom. The zero-order valence-electron chi connectivity index (χ0n) is 15.3. The van der Waals surface area contributed by atoms with Crippen LogP contribution in [0.5, 0.6) is 0 Å². The average molecular weight is 290 g/mol. The molecule has 21 heavy (non-hydrogen) atoms. The van der Waals surface area contributed by atoms with Crippen molar-refractivity contribution in [3.63, 3.8) is 0 Å². The second-order valence-corrected chi connectivity index (χ2v) is 6.74. The lowest BCUT2D eigenvalue weighted by molar-refractivity contribution is 0.0439. The zero-order chi connectivity index (χ0) is 16.4. The molecule has 0 aliphatic heterocycles. The maximum absolute atomic E-state index is 6.33. The van der Waals surface area contributed by atoms with E-state index < -0.39 is 0 Å². The molecule has 120 valence electrons. The zero-order valence-corrected chi connectivity index (χ0v) is 15.3. The van der Waals surface area contributed by atoms with Crippen molar-refractivity contribution in [2.45, 2.75) is 80.4 Å². The van der Waals surface area contributed by atoms with E-state index >= 15 is 0 Å². The van der Waals surface area contributed by atoms with Crippen LogP contribution in [0.1, 0.15) is 68.2 Å². The Morgan fingerprint density at radius 3 is 1.19 bits per heavy atom. The highest BCUT2D eigenvalue weighted by Crippen LogP contribution is 2.15. The van der Waals surface area contributed by atoms with E-state index in [1.807, 2.05) is 0 Å². The molecule has 0 saturated carbocycles. The summed E-state index contributed by atoms with van der Waals surface area (Å²) in [7, 11) is 0. The summed E-state index contributed by atoms with van der Waals surface area (Å²) in [5, 5.41) is 0. The Labute approximate surface area is 132 Å². The summed E-state index contributed by atoms with van der Waals surface area (Å²) >= 11 is 0. The fourth-order valence-electron chi connectivity index (χ4n) is 2.00. The van der Waals surface area contributed by atoms with Gasteiger partial charge in [-0.25, -0.2) is 0 Å². The Morgan fingerprint density at radius 2 is 0.952 bits per heavy atom. The third kappa shape index (κ3) is 12.4. The van der Waals surface area contributed by atoms with E-state index in [1.54, 1.807) is 0 Å². The molecule has 0 rings (SSSR count). The average Bonchev–Trinajstić information content (AvgIpc) is 2.31. The number of hydrogen-bond acceptors (Lipinski definition) is 1. The van der Waals surface area contributed by atoms with Crippen LogP contribution in [0.4, 0.5) is 0 Å². The first-order chi connectivity index (χ1) is 9.70. The van der Waals surface area contributed by atoms with Crippen LogP contribution in [0, 0.1) is 0 Å². The summed E-state index contributed by atoms with van der Waals surface area (Å²) in [6, 6.07) is 0. The van der Waals surface area contributed by atoms with Crippen molar-refractivity contribution in [3.8, 4) is 0 Å². The molecule has 0 aromatic heterocycles. The number of ether oxygens (including phenoxy) is 1. The fraction of sp³-hybridized carbons (Fsp3) is 0.600. The molecule has 2 atom stereocenters. The maximum Gasteiger partial charge on any atom is 0.0800 e. The Balaban J connectivity index is 5.01. The lowest BCUT2D eigenvalue weighted by atomic mass is 10.1. The Kier molecular flexibility index (Phi) is 10.1. The molecule has 0 amide bonds. The number of allylic oxidation sites excluding steroid dienone is 4. The molecule has 0 aliphatic rings. The van der Waals surface area contributed by atoms with Crippen LogP contribution in [0.2, 0.25) is 0 Å².